The summed E-state index contributed by atoms with van der Waals surface area (Å²) in [6.07, 6.45) is 0. The van der Waals surface area contributed by atoms with Gasteiger partial charge in [0.1, 0.15) is 5.82 Å². The molecule has 0 aliphatic carbocycles. The number of rotatable bonds is 5. The Morgan fingerprint density at radius 3 is 2.42 bits per heavy atom. The molecule has 1 amide bonds. The van der Waals surface area contributed by atoms with Gasteiger partial charge in [0, 0.05) is 17.6 Å². The van der Waals surface area contributed by atoms with Crippen molar-refractivity contribution in [3.8, 4) is 0 Å². The highest BCUT2D eigenvalue weighted by molar-refractivity contribution is 5.78. The third-order valence-electron chi connectivity index (χ3n) is 3.89. The minimum Gasteiger partial charge on any atom is -0.296 e. The molecule has 5 heteroatoms. The van der Waals surface area contributed by atoms with Gasteiger partial charge in [-0.2, -0.15) is 0 Å². The van der Waals surface area contributed by atoms with Crippen LogP contribution in [0.3, 0.4) is 0 Å². The first kappa shape index (κ1) is 15.6. The Morgan fingerprint density at radius 1 is 1.32 bits per heavy atom. The molecule has 3 unspecified atom stereocenters. The minimum atomic E-state index is -0.274. The van der Waals surface area contributed by atoms with Crippen molar-refractivity contribution < 1.29 is 9.18 Å². The molecular formula is C14H22FN3O. The Morgan fingerprint density at radius 2 is 1.89 bits per heavy atom. The van der Waals surface area contributed by atoms with Gasteiger partial charge in [0.2, 0.25) is 5.91 Å². The monoisotopic (exact) mass is 267 g/mol. The average Bonchev–Trinajstić information content (AvgIpc) is 2.43. The van der Waals surface area contributed by atoms with Gasteiger partial charge < -0.3 is 0 Å². The van der Waals surface area contributed by atoms with E-state index in [1.165, 1.54) is 6.07 Å². The van der Waals surface area contributed by atoms with E-state index < -0.39 is 0 Å². The predicted octanol–water partition coefficient (Wildman–Crippen LogP) is 1.83. The Kier molecular flexibility index (Phi) is 5.44. The van der Waals surface area contributed by atoms with Gasteiger partial charge in [-0.05, 0) is 27.0 Å². The quantitative estimate of drug-likeness (QED) is 0.486. The molecular weight excluding hydrogens is 245 g/mol. The molecule has 0 spiro atoms. The number of benzene rings is 1. The van der Waals surface area contributed by atoms with E-state index in [-0.39, 0.29) is 29.7 Å². The van der Waals surface area contributed by atoms with E-state index in [0.29, 0.717) is 5.56 Å². The van der Waals surface area contributed by atoms with Crippen LogP contribution in [0, 0.1) is 11.7 Å². The van der Waals surface area contributed by atoms with Crippen molar-refractivity contribution in [2.45, 2.75) is 32.9 Å². The standard InChI is InChI=1S/C14H22FN3O/c1-9(14(19)17-16)10(2)18(4)11(3)12-7-5-6-8-13(12)15/h5-11H,16H2,1-4H3,(H,17,19). The van der Waals surface area contributed by atoms with E-state index >= 15 is 0 Å². The molecule has 0 aliphatic rings. The molecule has 0 fully saturated rings. The lowest BCUT2D eigenvalue weighted by atomic mass is 9.98. The molecule has 3 N–H and O–H groups in total. The first-order valence-electron chi connectivity index (χ1n) is 6.37. The molecule has 0 aromatic heterocycles. The Labute approximate surface area is 113 Å². The van der Waals surface area contributed by atoms with Crippen molar-refractivity contribution >= 4 is 5.91 Å². The highest BCUT2D eigenvalue weighted by Crippen LogP contribution is 2.25. The van der Waals surface area contributed by atoms with E-state index in [9.17, 15) is 9.18 Å². The average molecular weight is 267 g/mol. The molecule has 106 valence electrons. The summed E-state index contributed by atoms with van der Waals surface area (Å²) in [6, 6.07) is 6.50. The Balaban J connectivity index is 2.85. The molecule has 1 aromatic carbocycles. The Hall–Kier alpha value is -1.46. The number of carbonyl (C=O) groups excluding carboxylic acids is 1. The van der Waals surface area contributed by atoms with Gasteiger partial charge in [0.25, 0.3) is 0 Å². The zero-order valence-electron chi connectivity index (χ0n) is 11.9. The smallest absolute Gasteiger partial charge is 0.238 e. The number of halogens is 1. The largest absolute Gasteiger partial charge is 0.296 e. The minimum absolute atomic E-state index is 0.0573. The van der Waals surface area contributed by atoms with Crippen LogP contribution in [0.2, 0.25) is 0 Å². The second kappa shape index (κ2) is 6.63. The number of carbonyl (C=O) groups is 1. The van der Waals surface area contributed by atoms with Crippen molar-refractivity contribution in [3.05, 3.63) is 35.6 Å². The van der Waals surface area contributed by atoms with Crippen molar-refractivity contribution in [3.63, 3.8) is 0 Å². The topological polar surface area (TPSA) is 58.4 Å². The molecule has 0 heterocycles. The summed E-state index contributed by atoms with van der Waals surface area (Å²) in [5, 5.41) is 0. The number of nitrogens with zero attached hydrogens (tertiary/aromatic N) is 1. The van der Waals surface area contributed by atoms with Gasteiger partial charge in [0.05, 0.1) is 5.92 Å². The molecule has 0 saturated carbocycles. The fourth-order valence-corrected chi connectivity index (χ4v) is 2.09. The first-order chi connectivity index (χ1) is 8.90. The van der Waals surface area contributed by atoms with Crippen molar-refractivity contribution in [1.29, 1.82) is 0 Å². The van der Waals surface area contributed by atoms with Crippen LogP contribution in [-0.2, 0) is 4.79 Å². The summed E-state index contributed by atoms with van der Waals surface area (Å²) in [5.74, 6) is 4.42. The lowest BCUT2D eigenvalue weighted by Gasteiger charge is -2.34. The Bertz CT molecular complexity index is 438. The van der Waals surface area contributed by atoms with Gasteiger partial charge in [-0.25, -0.2) is 10.2 Å². The molecule has 19 heavy (non-hydrogen) atoms. The van der Waals surface area contributed by atoms with Gasteiger partial charge in [-0.3, -0.25) is 15.1 Å². The fourth-order valence-electron chi connectivity index (χ4n) is 2.09. The summed E-state index contributed by atoms with van der Waals surface area (Å²) in [6.45, 7) is 5.65. The van der Waals surface area contributed by atoms with Crippen LogP contribution >= 0.6 is 0 Å². The zero-order valence-corrected chi connectivity index (χ0v) is 11.9. The van der Waals surface area contributed by atoms with E-state index in [2.05, 4.69) is 5.43 Å². The van der Waals surface area contributed by atoms with Crippen LogP contribution < -0.4 is 11.3 Å². The SMILES string of the molecule is CC(C(=O)NN)C(C)N(C)C(C)c1ccccc1F. The lowest BCUT2D eigenvalue weighted by Crippen LogP contribution is -2.45. The number of hydrogen-bond acceptors (Lipinski definition) is 3. The van der Waals surface area contributed by atoms with Gasteiger partial charge in [-0.1, -0.05) is 25.1 Å². The number of amides is 1. The zero-order chi connectivity index (χ0) is 14.6. The van der Waals surface area contributed by atoms with Gasteiger partial charge >= 0.3 is 0 Å². The maximum Gasteiger partial charge on any atom is 0.238 e. The van der Waals surface area contributed by atoms with Crippen LogP contribution in [0.5, 0.6) is 0 Å². The maximum absolute atomic E-state index is 13.8. The van der Waals surface area contributed by atoms with Crippen LogP contribution in [-0.4, -0.2) is 23.9 Å². The van der Waals surface area contributed by atoms with Crippen LogP contribution in [0.25, 0.3) is 0 Å². The van der Waals surface area contributed by atoms with Gasteiger partial charge in [0.15, 0.2) is 0 Å². The second-order valence-electron chi connectivity index (χ2n) is 4.90. The summed E-state index contributed by atoms with van der Waals surface area (Å²) in [4.78, 5) is 13.5. The van der Waals surface area contributed by atoms with E-state index in [1.807, 2.05) is 31.9 Å². The van der Waals surface area contributed by atoms with Crippen LogP contribution in [0.15, 0.2) is 24.3 Å². The lowest BCUT2D eigenvalue weighted by molar-refractivity contribution is -0.126. The predicted molar refractivity (Wildman–Crippen MR) is 73.5 cm³/mol. The summed E-state index contributed by atoms with van der Waals surface area (Å²) in [7, 11) is 1.88. The van der Waals surface area contributed by atoms with Crippen LogP contribution in [0.1, 0.15) is 32.4 Å². The summed E-state index contributed by atoms with van der Waals surface area (Å²) < 4.78 is 13.8. The molecule has 3 atom stereocenters. The summed E-state index contributed by atoms with van der Waals surface area (Å²) in [5.41, 5.74) is 2.77. The maximum atomic E-state index is 13.8. The third-order valence-corrected chi connectivity index (χ3v) is 3.89. The van der Waals surface area contributed by atoms with E-state index in [4.69, 9.17) is 5.84 Å². The normalized spacial score (nSPS) is 15.9. The number of hydrazine groups is 1. The number of hydrogen-bond donors (Lipinski definition) is 2. The molecule has 0 radical (unpaired) electrons. The second-order valence-corrected chi connectivity index (χ2v) is 4.90. The molecule has 0 aliphatic heterocycles. The van der Waals surface area contributed by atoms with E-state index in [1.54, 1.807) is 19.1 Å². The highest BCUT2D eigenvalue weighted by atomic mass is 19.1. The van der Waals surface area contributed by atoms with Crippen molar-refractivity contribution in [2.75, 3.05) is 7.05 Å². The summed E-state index contributed by atoms with van der Waals surface area (Å²) >= 11 is 0. The van der Waals surface area contributed by atoms with E-state index in [0.717, 1.165) is 0 Å². The fraction of sp³-hybridized carbons (Fsp3) is 0.500. The molecule has 1 aromatic rings. The molecule has 1 rings (SSSR count). The van der Waals surface area contributed by atoms with Gasteiger partial charge in [-0.15, -0.1) is 0 Å². The molecule has 0 saturated heterocycles. The van der Waals surface area contributed by atoms with Crippen molar-refractivity contribution in [1.82, 2.24) is 10.3 Å². The van der Waals surface area contributed by atoms with Crippen LogP contribution in [0.4, 0.5) is 4.39 Å². The molecule has 4 nitrogen and oxygen atoms in total. The highest BCUT2D eigenvalue weighted by Gasteiger charge is 2.27. The van der Waals surface area contributed by atoms with Crippen molar-refractivity contribution in [2.24, 2.45) is 11.8 Å². The third kappa shape index (κ3) is 3.52. The number of nitrogens with two attached hydrogens (primary N) is 1. The molecule has 0 bridgehead atoms. The first-order valence-corrected chi connectivity index (χ1v) is 6.37. The number of nitrogens with one attached hydrogen (secondary N) is 1.